The van der Waals surface area contributed by atoms with Gasteiger partial charge in [0.15, 0.2) is 0 Å². The van der Waals surface area contributed by atoms with Crippen molar-refractivity contribution >= 4 is 17.4 Å². The molecule has 0 unspecified atom stereocenters. The lowest BCUT2D eigenvalue weighted by atomic mass is 10.0. The Morgan fingerprint density at radius 2 is 1.62 bits per heavy atom. The number of ether oxygens (including phenoxy) is 1. The monoisotopic (exact) mass is 455 g/mol. The lowest BCUT2D eigenvalue weighted by molar-refractivity contribution is -0.138. The van der Waals surface area contributed by atoms with E-state index in [0.717, 1.165) is 11.3 Å². The largest absolute Gasteiger partial charge is 0.493 e. The van der Waals surface area contributed by atoms with Gasteiger partial charge in [-0.15, -0.1) is 0 Å². The van der Waals surface area contributed by atoms with Crippen LogP contribution in [0.5, 0.6) is 5.75 Å². The van der Waals surface area contributed by atoms with Crippen LogP contribution in [-0.2, 0) is 22.7 Å². The minimum absolute atomic E-state index is 0.125. The van der Waals surface area contributed by atoms with E-state index in [2.05, 4.69) is 18.8 Å². The van der Waals surface area contributed by atoms with Gasteiger partial charge in [-0.25, -0.2) is 0 Å². The zero-order valence-corrected chi connectivity index (χ0v) is 19.8. The molecule has 3 aromatic rings. The van der Waals surface area contributed by atoms with Crippen LogP contribution in [0.15, 0.2) is 84.7 Å². The number of imide groups is 1. The van der Waals surface area contributed by atoms with Crippen molar-refractivity contribution in [1.29, 1.82) is 0 Å². The molecule has 6 nitrogen and oxygen atoms in total. The summed E-state index contributed by atoms with van der Waals surface area (Å²) < 4.78 is 5.79. The van der Waals surface area contributed by atoms with Crippen molar-refractivity contribution in [3.05, 3.63) is 102 Å². The molecular weight excluding hydrogens is 426 g/mol. The summed E-state index contributed by atoms with van der Waals surface area (Å²) in [5.74, 6) is 0.514. The first kappa shape index (κ1) is 23.2. The van der Waals surface area contributed by atoms with Crippen molar-refractivity contribution in [3.63, 3.8) is 0 Å². The lowest BCUT2D eigenvalue weighted by Crippen LogP contribution is -2.33. The number of amides is 2. The molecule has 4 rings (SSSR count). The van der Waals surface area contributed by atoms with E-state index < -0.39 is 0 Å². The molecule has 2 amide bonds. The van der Waals surface area contributed by atoms with Crippen LogP contribution in [0.3, 0.4) is 0 Å². The van der Waals surface area contributed by atoms with Crippen LogP contribution < -0.4 is 4.74 Å². The molecule has 1 aliphatic heterocycles. The average molecular weight is 456 g/mol. The average Bonchev–Trinajstić information content (AvgIpc) is 3.09. The minimum atomic E-state index is -0.318. The number of aromatic nitrogens is 1. The molecule has 174 valence electrons. The van der Waals surface area contributed by atoms with Crippen LogP contribution in [0, 0.1) is 5.92 Å². The van der Waals surface area contributed by atoms with E-state index in [9.17, 15) is 9.59 Å². The molecule has 1 aliphatic rings. The first-order valence-corrected chi connectivity index (χ1v) is 11.4. The summed E-state index contributed by atoms with van der Waals surface area (Å²) in [5, 5.41) is 0. The number of carbonyl (C=O) groups is 2. The number of hydrogen-bond donors (Lipinski definition) is 0. The number of rotatable bonds is 9. The van der Waals surface area contributed by atoms with Gasteiger partial charge in [-0.3, -0.25) is 19.5 Å². The van der Waals surface area contributed by atoms with Crippen molar-refractivity contribution < 1.29 is 14.3 Å². The van der Waals surface area contributed by atoms with Crippen LogP contribution in [0.2, 0.25) is 0 Å². The van der Waals surface area contributed by atoms with E-state index in [0.29, 0.717) is 41.6 Å². The van der Waals surface area contributed by atoms with E-state index in [1.807, 2.05) is 84.7 Å². The molecule has 6 heteroatoms. The Labute approximate surface area is 200 Å². The molecule has 2 aromatic carbocycles. The van der Waals surface area contributed by atoms with Gasteiger partial charge in [0.25, 0.3) is 11.8 Å². The Hall–Kier alpha value is -3.93. The van der Waals surface area contributed by atoms with E-state index in [1.54, 1.807) is 6.20 Å². The Morgan fingerprint density at radius 1 is 0.912 bits per heavy atom. The summed E-state index contributed by atoms with van der Waals surface area (Å²) in [7, 11) is 1.85. The van der Waals surface area contributed by atoms with E-state index in [-0.39, 0.29) is 18.4 Å². The van der Waals surface area contributed by atoms with Gasteiger partial charge < -0.3 is 9.64 Å². The smallest absolute Gasteiger partial charge is 0.278 e. The van der Waals surface area contributed by atoms with Crippen LogP contribution in [0.25, 0.3) is 5.57 Å². The van der Waals surface area contributed by atoms with Crippen LogP contribution in [-0.4, -0.2) is 40.3 Å². The molecule has 0 saturated heterocycles. The van der Waals surface area contributed by atoms with Crippen LogP contribution in [0.1, 0.15) is 30.7 Å². The first-order chi connectivity index (χ1) is 16.4. The SMILES string of the molecule is CC(C)COc1ccc(C2=C(N(C)Cc3ccccc3)C(=O)N(Cc3ccccn3)C2=O)cc1. The topological polar surface area (TPSA) is 62.7 Å². The van der Waals surface area contributed by atoms with Gasteiger partial charge in [-0.05, 0) is 41.3 Å². The molecule has 0 bridgehead atoms. The zero-order chi connectivity index (χ0) is 24.1. The third-order valence-corrected chi connectivity index (χ3v) is 5.56. The fourth-order valence-corrected chi connectivity index (χ4v) is 3.89. The Balaban J connectivity index is 1.67. The summed E-state index contributed by atoms with van der Waals surface area (Å²) in [6, 6.07) is 22.7. The molecule has 1 aromatic heterocycles. The van der Waals surface area contributed by atoms with Gasteiger partial charge >= 0.3 is 0 Å². The predicted octanol–water partition coefficient (Wildman–Crippen LogP) is 4.53. The second kappa shape index (κ2) is 10.3. The van der Waals surface area contributed by atoms with Crippen molar-refractivity contribution in [3.8, 4) is 5.75 Å². The first-order valence-electron chi connectivity index (χ1n) is 11.4. The standard InChI is InChI=1S/C28H29N3O3/c1-20(2)19-34-24-14-12-22(13-15-24)25-26(30(3)17-21-9-5-4-6-10-21)28(33)31(27(25)32)18-23-11-7-8-16-29-23/h4-16,20H,17-19H2,1-3H3. The van der Waals surface area contributed by atoms with Gasteiger partial charge in [0.1, 0.15) is 11.4 Å². The maximum absolute atomic E-state index is 13.5. The van der Waals surface area contributed by atoms with Crippen LogP contribution in [0.4, 0.5) is 0 Å². The van der Waals surface area contributed by atoms with Gasteiger partial charge in [0.05, 0.1) is 24.4 Å². The third-order valence-electron chi connectivity index (χ3n) is 5.56. The maximum Gasteiger partial charge on any atom is 0.278 e. The molecule has 0 spiro atoms. The summed E-state index contributed by atoms with van der Waals surface area (Å²) in [4.78, 5) is 34.5. The second-order valence-corrected chi connectivity index (χ2v) is 8.81. The number of pyridine rings is 1. The number of likely N-dealkylation sites (N-methyl/N-ethyl adjacent to an activating group) is 1. The molecule has 0 radical (unpaired) electrons. The Bertz CT molecular complexity index is 1170. The molecule has 0 N–H and O–H groups in total. The third kappa shape index (κ3) is 5.17. The summed E-state index contributed by atoms with van der Waals surface area (Å²) in [6.45, 7) is 5.42. The molecule has 0 fully saturated rings. The quantitative estimate of drug-likeness (QED) is 0.444. The summed E-state index contributed by atoms with van der Waals surface area (Å²) >= 11 is 0. The van der Waals surface area contributed by atoms with E-state index >= 15 is 0 Å². The molecule has 0 saturated carbocycles. The molecule has 0 aliphatic carbocycles. The van der Waals surface area contributed by atoms with Crippen molar-refractivity contribution in [2.45, 2.75) is 26.9 Å². The Morgan fingerprint density at radius 3 is 2.26 bits per heavy atom. The van der Waals surface area contributed by atoms with Gasteiger partial charge in [0, 0.05) is 19.8 Å². The van der Waals surface area contributed by atoms with Crippen LogP contribution >= 0.6 is 0 Å². The van der Waals surface area contributed by atoms with Gasteiger partial charge in [-0.2, -0.15) is 0 Å². The van der Waals surface area contributed by atoms with Gasteiger partial charge in [0.2, 0.25) is 0 Å². The number of hydrogen-bond acceptors (Lipinski definition) is 5. The number of benzene rings is 2. The highest BCUT2D eigenvalue weighted by Gasteiger charge is 2.41. The van der Waals surface area contributed by atoms with Crippen molar-refractivity contribution in [2.75, 3.05) is 13.7 Å². The molecule has 34 heavy (non-hydrogen) atoms. The fraction of sp³-hybridized carbons (Fsp3) is 0.250. The highest BCUT2D eigenvalue weighted by atomic mass is 16.5. The second-order valence-electron chi connectivity index (χ2n) is 8.81. The highest BCUT2D eigenvalue weighted by Crippen LogP contribution is 2.33. The molecule has 0 atom stereocenters. The highest BCUT2D eigenvalue weighted by molar-refractivity contribution is 6.35. The molecule has 2 heterocycles. The maximum atomic E-state index is 13.5. The number of nitrogens with zero attached hydrogens (tertiary/aromatic N) is 3. The molecular formula is C28H29N3O3. The fourth-order valence-electron chi connectivity index (χ4n) is 3.89. The Kier molecular flexibility index (Phi) is 7.07. The lowest BCUT2D eigenvalue weighted by Gasteiger charge is -2.21. The van der Waals surface area contributed by atoms with E-state index in [4.69, 9.17) is 4.74 Å². The van der Waals surface area contributed by atoms with E-state index in [1.165, 1.54) is 4.90 Å². The van der Waals surface area contributed by atoms with Crippen molar-refractivity contribution in [2.24, 2.45) is 5.92 Å². The normalized spacial score (nSPS) is 13.7. The van der Waals surface area contributed by atoms with Crippen molar-refractivity contribution in [1.82, 2.24) is 14.8 Å². The van der Waals surface area contributed by atoms with Gasteiger partial charge in [-0.1, -0.05) is 62.4 Å². The predicted molar refractivity (Wildman–Crippen MR) is 131 cm³/mol. The zero-order valence-electron chi connectivity index (χ0n) is 19.8. The summed E-state index contributed by atoms with van der Waals surface area (Å²) in [6.07, 6.45) is 1.66. The number of carbonyl (C=O) groups excluding carboxylic acids is 2. The minimum Gasteiger partial charge on any atom is -0.493 e. The summed E-state index contributed by atoms with van der Waals surface area (Å²) in [5.41, 5.74) is 3.19.